The first-order valence-corrected chi connectivity index (χ1v) is 8.72. The van der Waals surface area contributed by atoms with E-state index < -0.39 is 0 Å². The van der Waals surface area contributed by atoms with E-state index in [1.807, 2.05) is 6.07 Å². The second-order valence-corrected chi connectivity index (χ2v) is 6.79. The van der Waals surface area contributed by atoms with Crippen molar-refractivity contribution >= 4 is 11.5 Å². The van der Waals surface area contributed by atoms with Gasteiger partial charge >= 0.3 is 0 Å². The van der Waals surface area contributed by atoms with Gasteiger partial charge in [-0.3, -0.25) is 0 Å². The second kappa shape index (κ2) is 6.18. The predicted octanol–water partition coefficient (Wildman–Crippen LogP) is 2.85. The highest BCUT2D eigenvalue weighted by atomic mass is 15.6. The van der Waals surface area contributed by atoms with Crippen LogP contribution in [0.4, 0.5) is 5.82 Å². The standard InChI is InChI=1S/C16H24N6/c1-2-5-13(6-3-1)8-9-14-7-4-12-21(14)16-11-10-15-17-19-20-22(15)18-16/h10-11,13-14H,1-9,12H2. The van der Waals surface area contributed by atoms with Crippen LogP contribution in [0.1, 0.15) is 57.8 Å². The van der Waals surface area contributed by atoms with E-state index in [1.165, 1.54) is 62.4 Å². The number of aromatic nitrogens is 5. The molecule has 1 aliphatic heterocycles. The van der Waals surface area contributed by atoms with Crippen LogP contribution in [0.5, 0.6) is 0 Å². The Morgan fingerprint density at radius 3 is 2.82 bits per heavy atom. The van der Waals surface area contributed by atoms with Crippen molar-refractivity contribution in [1.82, 2.24) is 25.3 Å². The molecule has 0 aromatic carbocycles. The molecular formula is C16H24N6. The van der Waals surface area contributed by atoms with Gasteiger partial charge in [0.2, 0.25) is 0 Å². The maximum Gasteiger partial charge on any atom is 0.200 e. The zero-order valence-corrected chi connectivity index (χ0v) is 13.1. The Balaban J connectivity index is 1.43. The van der Waals surface area contributed by atoms with Crippen molar-refractivity contribution in [3.63, 3.8) is 0 Å². The zero-order valence-electron chi connectivity index (χ0n) is 13.1. The molecule has 1 saturated carbocycles. The molecule has 2 aromatic heterocycles. The summed E-state index contributed by atoms with van der Waals surface area (Å²) in [7, 11) is 0. The Morgan fingerprint density at radius 1 is 1.00 bits per heavy atom. The maximum absolute atomic E-state index is 4.57. The van der Waals surface area contributed by atoms with Crippen LogP contribution in [0.25, 0.3) is 5.65 Å². The predicted molar refractivity (Wildman–Crippen MR) is 84.8 cm³/mol. The van der Waals surface area contributed by atoms with Gasteiger partial charge in [-0.05, 0) is 54.2 Å². The minimum absolute atomic E-state index is 0.642. The minimum Gasteiger partial charge on any atom is -0.352 e. The van der Waals surface area contributed by atoms with Gasteiger partial charge in [-0.25, -0.2) is 0 Å². The van der Waals surface area contributed by atoms with E-state index in [-0.39, 0.29) is 0 Å². The molecule has 2 aliphatic rings. The Hall–Kier alpha value is -1.72. The highest BCUT2D eigenvalue weighted by molar-refractivity contribution is 5.45. The fourth-order valence-electron chi connectivity index (χ4n) is 4.13. The fraction of sp³-hybridized carbons (Fsp3) is 0.750. The summed E-state index contributed by atoms with van der Waals surface area (Å²) in [6, 6.07) is 4.66. The molecule has 0 spiro atoms. The average Bonchev–Trinajstić information content (AvgIpc) is 3.22. The summed E-state index contributed by atoms with van der Waals surface area (Å²) in [6.45, 7) is 1.11. The summed E-state index contributed by atoms with van der Waals surface area (Å²) in [6.07, 6.45) is 12.5. The molecule has 6 nitrogen and oxygen atoms in total. The van der Waals surface area contributed by atoms with Gasteiger partial charge in [0.05, 0.1) is 0 Å². The molecule has 3 heterocycles. The zero-order chi connectivity index (χ0) is 14.8. The molecular weight excluding hydrogens is 276 g/mol. The third-order valence-electron chi connectivity index (χ3n) is 5.36. The first-order chi connectivity index (χ1) is 10.9. The Kier molecular flexibility index (Phi) is 3.91. The first kappa shape index (κ1) is 13.9. The number of hydrogen-bond donors (Lipinski definition) is 0. The molecule has 2 aromatic rings. The van der Waals surface area contributed by atoms with Crippen molar-refractivity contribution in [3.8, 4) is 0 Å². The van der Waals surface area contributed by atoms with Crippen LogP contribution in [-0.2, 0) is 0 Å². The van der Waals surface area contributed by atoms with Crippen molar-refractivity contribution < 1.29 is 0 Å². The average molecular weight is 300 g/mol. The van der Waals surface area contributed by atoms with Gasteiger partial charge in [-0.15, -0.1) is 14.8 Å². The van der Waals surface area contributed by atoms with Crippen LogP contribution >= 0.6 is 0 Å². The van der Waals surface area contributed by atoms with Crippen molar-refractivity contribution in [2.75, 3.05) is 11.4 Å². The lowest BCUT2D eigenvalue weighted by molar-refractivity contribution is 0.323. The molecule has 1 unspecified atom stereocenters. The van der Waals surface area contributed by atoms with Crippen LogP contribution in [-0.4, -0.2) is 37.8 Å². The molecule has 1 atom stereocenters. The molecule has 4 rings (SSSR count). The van der Waals surface area contributed by atoms with Crippen molar-refractivity contribution in [2.24, 2.45) is 5.92 Å². The lowest BCUT2D eigenvalue weighted by Crippen LogP contribution is -2.31. The number of hydrogen-bond acceptors (Lipinski definition) is 5. The van der Waals surface area contributed by atoms with Gasteiger partial charge in [-0.2, -0.15) is 0 Å². The van der Waals surface area contributed by atoms with Gasteiger partial charge in [0.15, 0.2) is 11.5 Å². The van der Waals surface area contributed by atoms with Crippen LogP contribution < -0.4 is 4.90 Å². The van der Waals surface area contributed by atoms with Crippen molar-refractivity contribution in [1.29, 1.82) is 0 Å². The van der Waals surface area contributed by atoms with Gasteiger partial charge in [0.1, 0.15) is 0 Å². The number of anilines is 1. The minimum atomic E-state index is 0.642. The van der Waals surface area contributed by atoms with Gasteiger partial charge < -0.3 is 4.90 Å². The SMILES string of the molecule is c1cc2nnnn2nc1N1CCCC1CCC1CCCCC1. The third kappa shape index (κ3) is 2.78. The van der Waals surface area contributed by atoms with E-state index in [9.17, 15) is 0 Å². The molecule has 0 N–H and O–H groups in total. The number of fused-ring (bicyclic) bond motifs is 1. The highest BCUT2D eigenvalue weighted by Gasteiger charge is 2.27. The van der Waals surface area contributed by atoms with E-state index in [4.69, 9.17) is 0 Å². The van der Waals surface area contributed by atoms with Gasteiger partial charge in [0.25, 0.3) is 0 Å². The fourth-order valence-corrected chi connectivity index (χ4v) is 4.13. The largest absolute Gasteiger partial charge is 0.352 e. The van der Waals surface area contributed by atoms with E-state index in [1.54, 1.807) is 0 Å². The smallest absolute Gasteiger partial charge is 0.200 e. The molecule has 0 radical (unpaired) electrons. The Labute approximate surface area is 130 Å². The normalized spacial score (nSPS) is 23.5. The molecule has 118 valence electrons. The van der Waals surface area contributed by atoms with E-state index in [0.29, 0.717) is 11.7 Å². The van der Waals surface area contributed by atoms with Crippen molar-refractivity contribution in [2.45, 2.75) is 63.8 Å². The van der Waals surface area contributed by atoms with Gasteiger partial charge in [0, 0.05) is 12.6 Å². The summed E-state index contributed by atoms with van der Waals surface area (Å²) in [5.41, 5.74) is 0.710. The number of tetrazole rings is 1. The van der Waals surface area contributed by atoms with E-state index in [0.717, 1.165) is 18.3 Å². The summed E-state index contributed by atoms with van der Waals surface area (Å²) >= 11 is 0. The van der Waals surface area contributed by atoms with Crippen LogP contribution in [0.2, 0.25) is 0 Å². The summed E-state index contributed by atoms with van der Waals surface area (Å²) in [4.78, 5) is 2.46. The van der Waals surface area contributed by atoms with Crippen LogP contribution in [0, 0.1) is 5.92 Å². The van der Waals surface area contributed by atoms with Gasteiger partial charge in [-0.1, -0.05) is 32.1 Å². The van der Waals surface area contributed by atoms with Crippen molar-refractivity contribution in [3.05, 3.63) is 12.1 Å². The van der Waals surface area contributed by atoms with Crippen LogP contribution in [0.15, 0.2) is 12.1 Å². The lowest BCUT2D eigenvalue weighted by atomic mass is 9.85. The van der Waals surface area contributed by atoms with E-state index >= 15 is 0 Å². The molecule has 0 amide bonds. The second-order valence-electron chi connectivity index (χ2n) is 6.79. The quantitative estimate of drug-likeness (QED) is 0.869. The summed E-state index contributed by atoms with van der Waals surface area (Å²) < 4.78 is 1.53. The third-order valence-corrected chi connectivity index (χ3v) is 5.36. The number of nitrogens with zero attached hydrogens (tertiary/aromatic N) is 6. The molecule has 22 heavy (non-hydrogen) atoms. The first-order valence-electron chi connectivity index (χ1n) is 8.72. The monoisotopic (exact) mass is 300 g/mol. The molecule has 1 saturated heterocycles. The molecule has 2 fully saturated rings. The topological polar surface area (TPSA) is 59.2 Å². The Bertz CT molecular complexity index is 618. The molecule has 6 heteroatoms. The summed E-state index contributed by atoms with van der Waals surface area (Å²) in [5, 5.41) is 16.1. The molecule has 0 bridgehead atoms. The Morgan fingerprint density at radius 2 is 1.91 bits per heavy atom. The van der Waals surface area contributed by atoms with E-state index in [2.05, 4.69) is 31.6 Å². The lowest BCUT2D eigenvalue weighted by Gasteiger charge is -2.28. The molecule has 1 aliphatic carbocycles. The number of rotatable bonds is 4. The maximum atomic E-state index is 4.57. The van der Waals surface area contributed by atoms with Crippen LogP contribution in [0.3, 0.4) is 0 Å². The highest BCUT2D eigenvalue weighted by Crippen LogP contribution is 2.32. The summed E-state index contributed by atoms with van der Waals surface area (Å²) in [5.74, 6) is 1.98.